The molecule has 3 heterocycles. The first-order chi connectivity index (χ1) is 13.1. The van der Waals surface area contributed by atoms with E-state index in [0.717, 1.165) is 29.7 Å². The van der Waals surface area contributed by atoms with Gasteiger partial charge >= 0.3 is 0 Å². The van der Waals surface area contributed by atoms with Crippen LogP contribution in [0.4, 0.5) is 8.78 Å². The van der Waals surface area contributed by atoms with Crippen LogP contribution in [-0.4, -0.2) is 44.6 Å². The lowest BCUT2D eigenvalue weighted by molar-refractivity contribution is 0.0700. The number of alkyl halides is 2. The second-order valence-corrected chi connectivity index (χ2v) is 7.44. The number of hydrogen-bond donors (Lipinski definition) is 1. The van der Waals surface area contributed by atoms with E-state index in [9.17, 15) is 13.6 Å². The van der Waals surface area contributed by atoms with E-state index in [1.54, 1.807) is 17.0 Å². The average molecular weight is 388 g/mol. The summed E-state index contributed by atoms with van der Waals surface area (Å²) in [4.78, 5) is 26.6. The number of nitrogens with zero attached hydrogens (tertiary/aromatic N) is 3. The van der Waals surface area contributed by atoms with Crippen molar-refractivity contribution in [1.82, 2.24) is 19.9 Å². The number of piperidine rings is 1. The minimum absolute atomic E-state index is 0.0726. The third-order valence-electron chi connectivity index (χ3n) is 4.71. The minimum Gasteiger partial charge on any atom is -0.342 e. The van der Waals surface area contributed by atoms with Gasteiger partial charge in [-0.05, 0) is 48.9 Å². The van der Waals surface area contributed by atoms with Gasteiger partial charge in [0.2, 0.25) is 0 Å². The number of imidazole rings is 1. The molecule has 3 aromatic rings. The van der Waals surface area contributed by atoms with Gasteiger partial charge < -0.3 is 9.88 Å². The third kappa shape index (κ3) is 3.80. The Morgan fingerprint density at radius 2 is 2.11 bits per heavy atom. The van der Waals surface area contributed by atoms with Gasteiger partial charge in [0.25, 0.3) is 11.7 Å². The van der Waals surface area contributed by atoms with E-state index < -0.39 is 5.76 Å². The molecule has 1 N–H and O–H groups in total. The molecule has 1 aliphatic rings. The molecule has 0 spiro atoms. The van der Waals surface area contributed by atoms with Gasteiger partial charge in [-0.2, -0.15) is 8.78 Å². The van der Waals surface area contributed by atoms with E-state index in [1.807, 2.05) is 24.3 Å². The number of amides is 1. The van der Waals surface area contributed by atoms with Gasteiger partial charge in [-0.3, -0.25) is 4.79 Å². The van der Waals surface area contributed by atoms with Crippen molar-refractivity contribution in [2.75, 3.05) is 13.1 Å². The highest BCUT2D eigenvalue weighted by molar-refractivity contribution is 7.99. The second-order valence-electron chi connectivity index (χ2n) is 6.46. The van der Waals surface area contributed by atoms with Gasteiger partial charge in [0.1, 0.15) is 10.9 Å². The largest absolute Gasteiger partial charge is 0.342 e. The number of para-hydroxylation sites is 2. The summed E-state index contributed by atoms with van der Waals surface area (Å²) in [5.74, 6) is -1.91. The van der Waals surface area contributed by atoms with Gasteiger partial charge in [-0.25, -0.2) is 9.97 Å². The lowest BCUT2D eigenvalue weighted by Gasteiger charge is -2.32. The molecule has 0 bridgehead atoms. The number of hydrogen-bond acceptors (Lipinski definition) is 4. The number of thioether (sulfide) groups is 1. The zero-order valence-electron chi connectivity index (χ0n) is 14.4. The predicted octanol–water partition coefficient (Wildman–Crippen LogP) is 4.29. The zero-order chi connectivity index (χ0) is 18.8. The predicted molar refractivity (Wildman–Crippen MR) is 100 cm³/mol. The van der Waals surface area contributed by atoms with Gasteiger partial charge in [0, 0.05) is 25.2 Å². The number of benzene rings is 1. The molecule has 4 rings (SSSR count). The number of aromatic amines is 1. The minimum atomic E-state index is -2.61. The van der Waals surface area contributed by atoms with Crippen molar-refractivity contribution in [2.24, 2.45) is 0 Å². The Morgan fingerprint density at radius 3 is 2.93 bits per heavy atom. The van der Waals surface area contributed by atoms with Crippen LogP contribution in [0.1, 0.15) is 34.9 Å². The van der Waals surface area contributed by atoms with E-state index in [2.05, 4.69) is 15.0 Å². The van der Waals surface area contributed by atoms with Crippen molar-refractivity contribution in [3.05, 3.63) is 54.0 Å². The first kappa shape index (κ1) is 17.9. The maximum absolute atomic E-state index is 12.9. The fourth-order valence-electron chi connectivity index (χ4n) is 3.45. The second kappa shape index (κ2) is 7.64. The highest BCUT2D eigenvalue weighted by Crippen LogP contribution is 2.30. The van der Waals surface area contributed by atoms with E-state index in [1.165, 1.54) is 6.20 Å². The third-order valence-corrected chi connectivity index (χ3v) is 5.43. The summed E-state index contributed by atoms with van der Waals surface area (Å²) < 4.78 is 25.6. The Balaban J connectivity index is 1.55. The standard InChI is InChI=1S/C19H18F2N4OS/c20-19(21)27-17-13(6-3-9-22-17)18(26)25-10-4-5-12(11-25)16-23-14-7-1-2-8-15(14)24-16/h1-3,6-9,12,19H,4-5,10-11H2,(H,23,24)/t12-/m0/s1. The zero-order valence-corrected chi connectivity index (χ0v) is 15.3. The van der Waals surface area contributed by atoms with Gasteiger partial charge in [0.05, 0.1) is 16.6 Å². The lowest BCUT2D eigenvalue weighted by Crippen LogP contribution is -2.39. The summed E-state index contributed by atoms with van der Waals surface area (Å²) in [6.45, 7) is 1.11. The van der Waals surface area contributed by atoms with Crippen molar-refractivity contribution < 1.29 is 13.6 Å². The van der Waals surface area contributed by atoms with Crippen LogP contribution in [-0.2, 0) is 0 Å². The molecular formula is C19H18F2N4OS. The van der Waals surface area contributed by atoms with Crippen LogP contribution in [0.2, 0.25) is 0 Å². The summed E-state index contributed by atoms with van der Waals surface area (Å²) in [5, 5.41) is 0.0726. The Kier molecular flexibility index (Phi) is 5.07. The molecular weight excluding hydrogens is 370 g/mol. The molecule has 0 saturated carbocycles. The summed E-state index contributed by atoms with van der Waals surface area (Å²) in [6.07, 6.45) is 3.19. The fraction of sp³-hybridized carbons (Fsp3) is 0.316. The molecule has 1 atom stereocenters. The Labute approximate surface area is 159 Å². The first-order valence-corrected chi connectivity index (χ1v) is 9.63. The molecule has 1 saturated heterocycles. The average Bonchev–Trinajstić information content (AvgIpc) is 3.12. The van der Waals surface area contributed by atoms with Crippen molar-refractivity contribution in [3.8, 4) is 0 Å². The van der Waals surface area contributed by atoms with Crippen molar-refractivity contribution in [3.63, 3.8) is 0 Å². The van der Waals surface area contributed by atoms with Crippen molar-refractivity contribution in [1.29, 1.82) is 0 Å². The lowest BCUT2D eigenvalue weighted by atomic mass is 9.97. The van der Waals surface area contributed by atoms with Crippen LogP contribution in [0.5, 0.6) is 0 Å². The number of nitrogens with one attached hydrogen (secondary N) is 1. The quantitative estimate of drug-likeness (QED) is 0.677. The maximum Gasteiger partial charge on any atom is 0.290 e. The number of aromatic nitrogens is 3. The molecule has 0 radical (unpaired) electrons. The first-order valence-electron chi connectivity index (χ1n) is 8.75. The van der Waals surface area contributed by atoms with Gasteiger partial charge in [0.15, 0.2) is 0 Å². The van der Waals surface area contributed by atoms with Crippen LogP contribution >= 0.6 is 11.8 Å². The summed E-state index contributed by atoms with van der Waals surface area (Å²) in [5.41, 5.74) is 2.10. The van der Waals surface area contributed by atoms with E-state index >= 15 is 0 Å². The Hall–Kier alpha value is -2.48. The topological polar surface area (TPSA) is 61.9 Å². The number of likely N-dealkylation sites (tertiary alicyclic amines) is 1. The normalized spacial score (nSPS) is 17.6. The smallest absolute Gasteiger partial charge is 0.290 e. The number of rotatable bonds is 4. The molecule has 27 heavy (non-hydrogen) atoms. The van der Waals surface area contributed by atoms with E-state index in [-0.39, 0.29) is 22.4 Å². The number of carbonyl (C=O) groups is 1. The summed E-state index contributed by atoms with van der Waals surface area (Å²) in [6, 6.07) is 11.0. The molecule has 5 nitrogen and oxygen atoms in total. The van der Waals surface area contributed by atoms with Crippen LogP contribution in [0, 0.1) is 0 Å². The molecule has 140 valence electrons. The van der Waals surface area contributed by atoms with Crippen LogP contribution in [0.3, 0.4) is 0 Å². The van der Waals surface area contributed by atoms with Crippen LogP contribution in [0.25, 0.3) is 11.0 Å². The number of carbonyl (C=O) groups excluding carboxylic acids is 1. The maximum atomic E-state index is 12.9. The number of halogens is 2. The summed E-state index contributed by atoms with van der Waals surface area (Å²) in [7, 11) is 0. The number of pyridine rings is 1. The molecule has 2 aromatic heterocycles. The van der Waals surface area contributed by atoms with E-state index in [0.29, 0.717) is 24.9 Å². The molecule has 1 fully saturated rings. The monoisotopic (exact) mass is 388 g/mol. The van der Waals surface area contributed by atoms with Crippen molar-refractivity contribution in [2.45, 2.75) is 29.5 Å². The number of fused-ring (bicyclic) bond motifs is 1. The Morgan fingerprint density at radius 1 is 1.26 bits per heavy atom. The summed E-state index contributed by atoms with van der Waals surface area (Å²) >= 11 is 0.307. The fourth-order valence-corrected chi connectivity index (χ4v) is 4.03. The molecule has 8 heteroatoms. The van der Waals surface area contributed by atoms with E-state index in [4.69, 9.17) is 0 Å². The molecule has 0 unspecified atom stereocenters. The molecule has 1 amide bonds. The highest BCUT2D eigenvalue weighted by atomic mass is 32.2. The Bertz CT molecular complexity index is 929. The molecule has 1 aromatic carbocycles. The van der Waals surface area contributed by atoms with Crippen LogP contribution < -0.4 is 0 Å². The van der Waals surface area contributed by atoms with Crippen molar-refractivity contribution >= 4 is 28.7 Å². The van der Waals surface area contributed by atoms with Crippen LogP contribution in [0.15, 0.2) is 47.6 Å². The SMILES string of the molecule is O=C(c1cccnc1SC(F)F)N1CCC[C@H](c2nc3ccccc3[nH]2)C1. The van der Waals surface area contributed by atoms with Gasteiger partial charge in [-0.1, -0.05) is 12.1 Å². The molecule has 1 aliphatic heterocycles. The number of H-pyrrole nitrogens is 1. The highest BCUT2D eigenvalue weighted by Gasteiger charge is 2.29. The molecule has 0 aliphatic carbocycles. The van der Waals surface area contributed by atoms with Gasteiger partial charge in [-0.15, -0.1) is 0 Å².